The van der Waals surface area contributed by atoms with Crippen LogP contribution in [0.4, 0.5) is 5.69 Å². The largest absolute Gasteiger partial charge is 0.484 e. The van der Waals surface area contributed by atoms with E-state index in [1.165, 1.54) is 0 Å². The molecular weight excluding hydrogens is 334 g/mol. The normalized spacial score (nSPS) is 9.88. The molecule has 0 radical (unpaired) electrons. The van der Waals surface area contributed by atoms with Crippen LogP contribution in [0, 0.1) is 0 Å². The van der Waals surface area contributed by atoms with E-state index in [1.807, 2.05) is 13.0 Å². The van der Waals surface area contributed by atoms with Crippen LogP contribution < -0.4 is 20.7 Å². The first-order valence-electron chi connectivity index (χ1n) is 8.21. The van der Waals surface area contributed by atoms with Gasteiger partial charge in [-0.1, -0.05) is 18.2 Å². The number of carbonyl (C=O) groups is 3. The average molecular weight is 355 g/mol. The molecule has 0 aliphatic heterocycles. The summed E-state index contributed by atoms with van der Waals surface area (Å²) >= 11 is 0. The fourth-order valence-electron chi connectivity index (χ4n) is 2.07. The summed E-state index contributed by atoms with van der Waals surface area (Å²) in [6.45, 7) is 2.05. The number of nitrogens with one attached hydrogen (secondary N) is 3. The maximum absolute atomic E-state index is 11.9. The van der Waals surface area contributed by atoms with Crippen molar-refractivity contribution < 1.29 is 19.1 Å². The van der Waals surface area contributed by atoms with Gasteiger partial charge in [0.15, 0.2) is 6.61 Å². The SMILES string of the molecule is CCNC(=O)c1ccc(NC(=O)CNC(=O)COc2ccccc2)cc1. The fraction of sp³-hybridized carbons (Fsp3) is 0.211. The monoisotopic (exact) mass is 355 g/mol. The fourth-order valence-corrected chi connectivity index (χ4v) is 2.07. The molecule has 0 atom stereocenters. The molecule has 0 aliphatic rings. The third-order valence-corrected chi connectivity index (χ3v) is 3.33. The van der Waals surface area contributed by atoms with Crippen LogP contribution in [-0.2, 0) is 9.59 Å². The quantitative estimate of drug-likeness (QED) is 0.670. The number of para-hydroxylation sites is 1. The summed E-state index contributed by atoms with van der Waals surface area (Å²) in [7, 11) is 0. The van der Waals surface area contributed by atoms with Crippen LogP contribution in [0.15, 0.2) is 54.6 Å². The number of anilines is 1. The van der Waals surface area contributed by atoms with E-state index >= 15 is 0 Å². The van der Waals surface area contributed by atoms with Crippen LogP contribution >= 0.6 is 0 Å². The second-order valence-electron chi connectivity index (χ2n) is 5.36. The zero-order valence-electron chi connectivity index (χ0n) is 14.5. The first-order chi connectivity index (χ1) is 12.6. The molecule has 2 aromatic carbocycles. The molecule has 0 fully saturated rings. The predicted molar refractivity (Wildman–Crippen MR) is 98.0 cm³/mol. The highest BCUT2D eigenvalue weighted by atomic mass is 16.5. The molecule has 0 saturated heterocycles. The minimum atomic E-state index is -0.393. The summed E-state index contributed by atoms with van der Waals surface area (Å²) in [5.74, 6) is -0.352. The van der Waals surface area contributed by atoms with Crippen LogP contribution in [-0.4, -0.2) is 37.4 Å². The van der Waals surface area contributed by atoms with Gasteiger partial charge in [0.25, 0.3) is 11.8 Å². The molecular formula is C19H21N3O4. The smallest absolute Gasteiger partial charge is 0.258 e. The maximum Gasteiger partial charge on any atom is 0.258 e. The second-order valence-corrected chi connectivity index (χ2v) is 5.36. The molecule has 0 saturated carbocycles. The van der Waals surface area contributed by atoms with E-state index in [-0.39, 0.29) is 25.0 Å². The molecule has 0 spiro atoms. The minimum Gasteiger partial charge on any atom is -0.484 e. The van der Waals surface area contributed by atoms with Gasteiger partial charge >= 0.3 is 0 Å². The Morgan fingerprint density at radius 1 is 0.885 bits per heavy atom. The van der Waals surface area contributed by atoms with Crippen LogP contribution in [0.2, 0.25) is 0 Å². The summed E-state index contributed by atoms with van der Waals surface area (Å²) in [4.78, 5) is 35.2. The summed E-state index contributed by atoms with van der Waals surface area (Å²) in [6.07, 6.45) is 0. The van der Waals surface area contributed by atoms with Crippen molar-refractivity contribution >= 4 is 23.4 Å². The summed E-state index contributed by atoms with van der Waals surface area (Å²) in [6, 6.07) is 15.4. The number of carbonyl (C=O) groups excluding carboxylic acids is 3. The van der Waals surface area contributed by atoms with Crippen LogP contribution in [0.5, 0.6) is 5.75 Å². The Morgan fingerprint density at radius 3 is 2.23 bits per heavy atom. The van der Waals surface area contributed by atoms with Crippen LogP contribution in [0.1, 0.15) is 17.3 Å². The van der Waals surface area contributed by atoms with Gasteiger partial charge in [-0.05, 0) is 43.3 Å². The van der Waals surface area contributed by atoms with Crippen LogP contribution in [0.3, 0.4) is 0 Å². The van der Waals surface area contributed by atoms with Gasteiger partial charge in [0, 0.05) is 17.8 Å². The Kier molecular flexibility index (Phi) is 7.17. The third-order valence-electron chi connectivity index (χ3n) is 3.33. The number of hydrogen-bond donors (Lipinski definition) is 3. The predicted octanol–water partition coefficient (Wildman–Crippen LogP) is 1.57. The molecule has 7 nitrogen and oxygen atoms in total. The lowest BCUT2D eigenvalue weighted by Gasteiger charge is -2.09. The van der Waals surface area contributed by atoms with Gasteiger partial charge in [0.05, 0.1) is 6.54 Å². The van der Waals surface area contributed by atoms with Gasteiger partial charge in [0.1, 0.15) is 5.75 Å². The lowest BCUT2D eigenvalue weighted by atomic mass is 10.2. The number of hydrogen-bond acceptors (Lipinski definition) is 4. The van der Waals surface area contributed by atoms with Crippen molar-refractivity contribution in [2.45, 2.75) is 6.92 Å². The average Bonchev–Trinajstić information content (AvgIpc) is 2.66. The van der Waals surface area contributed by atoms with Crippen molar-refractivity contribution in [3.8, 4) is 5.75 Å². The Balaban J connectivity index is 1.72. The highest BCUT2D eigenvalue weighted by molar-refractivity contribution is 5.97. The molecule has 0 bridgehead atoms. The molecule has 0 aliphatic carbocycles. The number of benzene rings is 2. The van der Waals surface area contributed by atoms with E-state index in [1.54, 1.807) is 48.5 Å². The Labute approximate surface area is 151 Å². The van der Waals surface area contributed by atoms with Crippen molar-refractivity contribution in [1.82, 2.24) is 10.6 Å². The Bertz CT molecular complexity index is 745. The van der Waals surface area contributed by atoms with Crippen molar-refractivity contribution in [2.24, 2.45) is 0 Å². The van der Waals surface area contributed by atoms with Gasteiger partial charge in [-0.3, -0.25) is 14.4 Å². The van der Waals surface area contributed by atoms with Gasteiger partial charge in [0.2, 0.25) is 5.91 Å². The van der Waals surface area contributed by atoms with E-state index in [2.05, 4.69) is 16.0 Å². The zero-order valence-corrected chi connectivity index (χ0v) is 14.5. The standard InChI is InChI=1S/C19H21N3O4/c1-2-20-19(25)14-8-10-15(11-9-14)22-17(23)12-21-18(24)13-26-16-6-4-3-5-7-16/h3-11H,2,12-13H2,1H3,(H,20,25)(H,21,24)(H,22,23). The summed E-state index contributed by atoms with van der Waals surface area (Å²) in [5.41, 5.74) is 1.05. The molecule has 0 heterocycles. The first-order valence-corrected chi connectivity index (χ1v) is 8.21. The van der Waals surface area contributed by atoms with Crippen molar-refractivity contribution in [3.63, 3.8) is 0 Å². The molecule has 0 aromatic heterocycles. The topological polar surface area (TPSA) is 96.5 Å². The molecule has 0 unspecified atom stereocenters. The van der Waals surface area contributed by atoms with E-state index in [0.717, 1.165) is 0 Å². The highest BCUT2D eigenvalue weighted by Gasteiger charge is 2.08. The summed E-state index contributed by atoms with van der Waals surface area (Å²) < 4.78 is 5.29. The van der Waals surface area contributed by atoms with Crippen molar-refractivity contribution in [1.29, 1.82) is 0 Å². The maximum atomic E-state index is 11.9. The van der Waals surface area contributed by atoms with E-state index in [0.29, 0.717) is 23.5 Å². The third kappa shape index (κ3) is 6.27. The number of amides is 3. The lowest BCUT2D eigenvalue weighted by molar-refractivity contribution is -0.125. The molecule has 2 aromatic rings. The summed E-state index contributed by atoms with van der Waals surface area (Å²) in [5, 5.41) is 7.82. The van der Waals surface area contributed by atoms with Crippen molar-refractivity contribution in [2.75, 3.05) is 25.0 Å². The lowest BCUT2D eigenvalue weighted by Crippen LogP contribution is -2.35. The number of ether oxygens (including phenoxy) is 1. The van der Waals surface area contributed by atoms with Crippen molar-refractivity contribution in [3.05, 3.63) is 60.2 Å². The molecule has 136 valence electrons. The molecule has 26 heavy (non-hydrogen) atoms. The molecule has 3 amide bonds. The zero-order chi connectivity index (χ0) is 18.8. The van der Waals surface area contributed by atoms with Gasteiger partial charge in [-0.25, -0.2) is 0 Å². The van der Waals surface area contributed by atoms with E-state index in [9.17, 15) is 14.4 Å². The molecule has 3 N–H and O–H groups in total. The number of rotatable bonds is 8. The minimum absolute atomic E-state index is 0.168. The van der Waals surface area contributed by atoms with E-state index in [4.69, 9.17) is 4.74 Å². The second kappa shape index (κ2) is 9.83. The molecule has 2 rings (SSSR count). The van der Waals surface area contributed by atoms with Gasteiger partial charge in [-0.2, -0.15) is 0 Å². The van der Waals surface area contributed by atoms with Gasteiger partial charge in [-0.15, -0.1) is 0 Å². The first kappa shape index (κ1) is 19.0. The Hall–Kier alpha value is -3.35. The van der Waals surface area contributed by atoms with E-state index < -0.39 is 5.91 Å². The van der Waals surface area contributed by atoms with Crippen LogP contribution in [0.25, 0.3) is 0 Å². The Morgan fingerprint density at radius 2 is 1.58 bits per heavy atom. The van der Waals surface area contributed by atoms with Gasteiger partial charge < -0.3 is 20.7 Å². The highest BCUT2D eigenvalue weighted by Crippen LogP contribution is 2.09. The molecule has 7 heteroatoms.